The zero-order valence-corrected chi connectivity index (χ0v) is 13.3. The molecule has 20 heavy (non-hydrogen) atoms. The van der Waals surface area contributed by atoms with Gasteiger partial charge in [-0.05, 0) is 31.7 Å². The minimum atomic E-state index is -3.78. The Labute approximate surface area is 123 Å². The van der Waals surface area contributed by atoms with Crippen LogP contribution in [0.25, 0.3) is 0 Å². The first-order valence-corrected chi connectivity index (χ1v) is 8.46. The summed E-state index contributed by atoms with van der Waals surface area (Å²) in [5, 5.41) is 10.4. The van der Waals surface area contributed by atoms with Gasteiger partial charge in [0, 0.05) is 19.2 Å². The van der Waals surface area contributed by atoms with Crippen molar-refractivity contribution in [2.45, 2.75) is 31.2 Å². The zero-order chi connectivity index (χ0) is 15.3. The molecule has 0 saturated heterocycles. The number of rotatable bonds is 7. The first-order valence-electron chi connectivity index (χ1n) is 6.14. The second-order valence-corrected chi connectivity index (χ2v) is 7.17. The van der Waals surface area contributed by atoms with Crippen LogP contribution < -0.4 is 0 Å². The molecule has 0 unspecified atom stereocenters. The molecule has 0 saturated carbocycles. The Morgan fingerprint density at radius 2 is 2.15 bits per heavy atom. The maximum absolute atomic E-state index is 12.6. The number of methoxy groups -OCH3 is 1. The van der Waals surface area contributed by atoms with Gasteiger partial charge in [-0.3, -0.25) is 0 Å². The molecule has 1 N–H and O–H groups in total. The number of carbonyl (C=O) groups excluding carboxylic acids is 1. The predicted molar refractivity (Wildman–Crippen MR) is 76.4 cm³/mol. The molecule has 1 aromatic heterocycles. The number of hydrogen-bond donors (Lipinski definition) is 1. The molecule has 0 amide bonds. The van der Waals surface area contributed by atoms with Gasteiger partial charge in [-0.1, -0.05) is 0 Å². The van der Waals surface area contributed by atoms with Crippen molar-refractivity contribution >= 4 is 27.3 Å². The van der Waals surface area contributed by atoms with E-state index < -0.39 is 16.0 Å². The summed E-state index contributed by atoms with van der Waals surface area (Å²) < 4.78 is 31.1. The summed E-state index contributed by atoms with van der Waals surface area (Å²) in [5.41, 5.74) is 0. The number of aliphatic hydroxyl groups excluding tert-OH is 1. The van der Waals surface area contributed by atoms with Gasteiger partial charge >= 0.3 is 5.97 Å². The average molecular weight is 321 g/mol. The molecule has 1 aromatic rings. The van der Waals surface area contributed by atoms with Crippen molar-refractivity contribution in [3.05, 3.63) is 16.3 Å². The largest absolute Gasteiger partial charge is 0.465 e. The van der Waals surface area contributed by atoms with Crippen LogP contribution in [-0.4, -0.2) is 50.1 Å². The van der Waals surface area contributed by atoms with Gasteiger partial charge in [-0.25, -0.2) is 13.2 Å². The Kier molecular flexibility index (Phi) is 6.12. The molecule has 0 aliphatic carbocycles. The maximum Gasteiger partial charge on any atom is 0.349 e. The number of nitrogens with zero attached hydrogens (tertiary/aromatic N) is 1. The van der Waals surface area contributed by atoms with Gasteiger partial charge in [0.05, 0.1) is 7.11 Å². The van der Waals surface area contributed by atoms with E-state index in [4.69, 9.17) is 5.11 Å². The maximum atomic E-state index is 12.6. The highest BCUT2D eigenvalue weighted by molar-refractivity contribution is 7.89. The molecule has 114 valence electrons. The fourth-order valence-electron chi connectivity index (χ4n) is 1.75. The third kappa shape index (κ3) is 3.57. The van der Waals surface area contributed by atoms with E-state index in [-0.39, 0.29) is 29.0 Å². The minimum Gasteiger partial charge on any atom is -0.465 e. The molecule has 8 heteroatoms. The van der Waals surface area contributed by atoms with E-state index in [1.165, 1.54) is 17.5 Å². The lowest BCUT2D eigenvalue weighted by Crippen LogP contribution is -2.38. The Morgan fingerprint density at radius 1 is 1.50 bits per heavy atom. The van der Waals surface area contributed by atoms with E-state index in [9.17, 15) is 13.2 Å². The Hall–Kier alpha value is -0.960. The molecule has 0 spiro atoms. The van der Waals surface area contributed by atoms with E-state index in [0.29, 0.717) is 6.42 Å². The third-order valence-corrected chi connectivity index (χ3v) is 5.84. The Bertz CT molecular complexity index is 550. The number of ether oxygens (including phenoxy) is 1. The molecule has 0 atom stereocenters. The third-order valence-electron chi connectivity index (χ3n) is 2.70. The van der Waals surface area contributed by atoms with Crippen molar-refractivity contribution in [1.82, 2.24) is 4.31 Å². The molecule has 0 aromatic carbocycles. The molecule has 0 fully saturated rings. The lowest BCUT2D eigenvalue weighted by molar-refractivity contribution is 0.0602. The Balaban J connectivity index is 3.20. The second-order valence-electron chi connectivity index (χ2n) is 4.39. The summed E-state index contributed by atoms with van der Waals surface area (Å²) in [4.78, 5) is 11.6. The Morgan fingerprint density at radius 3 is 2.65 bits per heavy atom. The molecule has 0 radical (unpaired) electrons. The van der Waals surface area contributed by atoms with E-state index in [0.717, 1.165) is 11.3 Å². The van der Waals surface area contributed by atoms with E-state index in [1.807, 2.05) is 0 Å². The van der Waals surface area contributed by atoms with Gasteiger partial charge in [0.1, 0.15) is 9.77 Å². The first kappa shape index (κ1) is 17.1. The molecule has 1 rings (SSSR count). The minimum absolute atomic E-state index is 0.0408. The van der Waals surface area contributed by atoms with Crippen molar-refractivity contribution in [2.75, 3.05) is 20.3 Å². The van der Waals surface area contributed by atoms with Crippen LogP contribution in [-0.2, 0) is 14.8 Å². The molecule has 6 nitrogen and oxygen atoms in total. The summed E-state index contributed by atoms with van der Waals surface area (Å²) in [7, 11) is -2.57. The highest BCUT2D eigenvalue weighted by atomic mass is 32.2. The van der Waals surface area contributed by atoms with Crippen molar-refractivity contribution in [2.24, 2.45) is 0 Å². The van der Waals surface area contributed by atoms with Crippen LogP contribution in [0.15, 0.2) is 16.3 Å². The fraction of sp³-hybridized carbons (Fsp3) is 0.583. The molecular weight excluding hydrogens is 302 g/mol. The average Bonchev–Trinajstić information content (AvgIpc) is 2.87. The highest BCUT2D eigenvalue weighted by Crippen LogP contribution is 2.27. The SMILES string of the molecule is COC(=O)c1sccc1S(=O)(=O)N(CCCO)C(C)C. The van der Waals surface area contributed by atoms with Crippen LogP contribution >= 0.6 is 11.3 Å². The number of sulfonamides is 1. The van der Waals surface area contributed by atoms with Gasteiger partial charge in [0.2, 0.25) is 10.0 Å². The number of thiophene rings is 1. The van der Waals surface area contributed by atoms with Crippen LogP contribution in [0.3, 0.4) is 0 Å². The second kappa shape index (κ2) is 7.16. The van der Waals surface area contributed by atoms with Crippen molar-refractivity contribution in [1.29, 1.82) is 0 Å². The topological polar surface area (TPSA) is 83.9 Å². The normalized spacial score (nSPS) is 12.1. The van der Waals surface area contributed by atoms with Crippen LogP contribution in [0.1, 0.15) is 29.9 Å². The lowest BCUT2D eigenvalue weighted by atomic mass is 10.3. The molecule has 0 aliphatic heterocycles. The fourth-order valence-corrected chi connectivity index (χ4v) is 4.74. The quantitative estimate of drug-likeness (QED) is 0.766. The molecule has 1 heterocycles. The summed E-state index contributed by atoms with van der Waals surface area (Å²) in [6.45, 7) is 3.61. The van der Waals surface area contributed by atoms with Crippen molar-refractivity contribution < 1.29 is 23.1 Å². The predicted octanol–water partition coefficient (Wildman–Crippen LogP) is 1.32. The van der Waals surface area contributed by atoms with E-state index in [2.05, 4.69) is 4.74 Å². The summed E-state index contributed by atoms with van der Waals surface area (Å²) in [6, 6.07) is 1.14. The van der Waals surface area contributed by atoms with Gasteiger partial charge in [-0.2, -0.15) is 4.31 Å². The van der Waals surface area contributed by atoms with Gasteiger partial charge < -0.3 is 9.84 Å². The molecule has 0 bridgehead atoms. The standard InChI is InChI=1S/C12H19NO5S2/c1-9(2)13(6-4-7-14)20(16,17)10-5-8-19-11(10)12(15)18-3/h5,8-9,14H,4,6-7H2,1-3H3. The lowest BCUT2D eigenvalue weighted by Gasteiger charge is -2.25. The van der Waals surface area contributed by atoms with Crippen LogP contribution in [0.2, 0.25) is 0 Å². The van der Waals surface area contributed by atoms with E-state index in [1.54, 1.807) is 19.2 Å². The zero-order valence-electron chi connectivity index (χ0n) is 11.7. The van der Waals surface area contributed by atoms with Gasteiger partial charge in [-0.15, -0.1) is 11.3 Å². The number of hydrogen-bond acceptors (Lipinski definition) is 6. The summed E-state index contributed by atoms with van der Waals surface area (Å²) >= 11 is 1.03. The van der Waals surface area contributed by atoms with Gasteiger partial charge in [0.25, 0.3) is 0 Å². The van der Waals surface area contributed by atoms with Crippen LogP contribution in [0, 0.1) is 0 Å². The van der Waals surface area contributed by atoms with Crippen LogP contribution in [0.5, 0.6) is 0 Å². The van der Waals surface area contributed by atoms with Gasteiger partial charge in [0.15, 0.2) is 0 Å². The van der Waals surface area contributed by atoms with E-state index >= 15 is 0 Å². The highest BCUT2D eigenvalue weighted by Gasteiger charge is 2.31. The summed E-state index contributed by atoms with van der Waals surface area (Å²) in [5.74, 6) is -0.663. The molecular formula is C12H19NO5S2. The monoisotopic (exact) mass is 321 g/mol. The van der Waals surface area contributed by atoms with Crippen molar-refractivity contribution in [3.63, 3.8) is 0 Å². The van der Waals surface area contributed by atoms with Crippen molar-refractivity contribution in [3.8, 4) is 0 Å². The first-order chi connectivity index (χ1) is 9.36. The van der Waals surface area contributed by atoms with Crippen LogP contribution in [0.4, 0.5) is 0 Å². The smallest absolute Gasteiger partial charge is 0.349 e. The number of esters is 1. The summed E-state index contributed by atoms with van der Waals surface area (Å²) in [6.07, 6.45) is 0.342. The molecule has 0 aliphatic rings. The number of carbonyl (C=O) groups is 1. The number of aliphatic hydroxyl groups is 1.